The van der Waals surface area contributed by atoms with E-state index in [1.165, 1.54) is 10.6 Å². The molecule has 2 heterocycles. The second-order valence-electron chi connectivity index (χ2n) is 2.50. The summed E-state index contributed by atoms with van der Waals surface area (Å²) in [5, 5.41) is 9.20. The molecular weight excluding hydrogens is 192 g/mol. The average molecular weight is 197 g/mol. The SMILES string of the molecule is O=C(O)c1cnc2c(Cl)cccn12. The van der Waals surface area contributed by atoms with E-state index >= 15 is 0 Å². The highest BCUT2D eigenvalue weighted by atomic mass is 35.5. The van der Waals surface area contributed by atoms with Crippen LogP contribution in [0.1, 0.15) is 10.5 Å². The maximum absolute atomic E-state index is 10.7. The van der Waals surface area contributed by atoms with Crippen molar-refractivity contribution in [2.24, 2.45) is 0 Å². The molecule has 2 rings (SSSR count). The molecule has 1 N–H and O–H groups in total. The molecule has 0 spiro atoms. The van der Waals surface area contributed by atoms with Gasteiger partial charge >= 0.3 is 5.97 Å². The number of fused-ring (bicyclic) bond motifs is 1. The molecule has 5 heteroatoms. The van der Waals surface area contributed by atoms with Crippen LogP contribution in [-0.2, 0) is 0 Å². The summed E-state index contributed by atoms with van der Waals surface area (Å²) in [6.07, 6.45) is 2.89. The Bertz CT molecular complexity index is 478. The minimum Gasteiger partial charge on any atom is -0.477 e. The van der Waals surface area contributed by atoms with Gasteiger partial charge in [0.1, 0.15) is 0 Å². The fourth-order valence-corrected chi connectivity index (χ4v) is 1.35. The van der Waals surface area contributed by atoms with E-state index in [0.717, 1.165) is 0 Å². The van der Waals surface area contributed by atoms with E-state index in [-0.39, 0.29) is 5.69 Å². The molecule has 0 aliphatic rings. The van der Waals surface area contributed by atoms with Crippen LogP contribution in [0.25, 0.3) is 5.65 Å². The van der Waals surface area contributed by atoms with Crippen LogP contribution in [0, 0.1) is 0 Å². The molecule has 13 heavy (non-hydrogen) atoms. The highest BCUT2D eigenvalue weighted by molar-refractivity contribution is 6.33. The zero-order chi connectivity index (χ0) is 9.42. The van der Waals surface area contributed by atoms with Crippen molar-refractivity contribution in [3.63, 3.8) is 0 Å². The second-order valence-corrected chi connectivity index (χ2v) is 2.91. The zero-order valence-corrected chi connectivity index (χ0v) is 7.19. The van der Waals surface area contributed by atoms with E-state index in [1.54, 1.807) is 18.3 Å². The molecule has 0 bridgehead atoms. The van der Waals surface area contributed by atoms with Crippen molar-refractivity contribution in [2.75, 3.05) is 0 Å². The van der Waals surface area contributed by atoms with Crippen molar-refractivity contribution in [3.05, 3.63) is 35.2 Å². The standard InChI is InChI=1S/C8H5ClN2O2/c9-5-2-1-3-11-6(8(12)13)4-10-7(5)11/h1-4H,(H,12,13). The molecule has 0 aromatic carbocycles. The van der Waals surface area contributed by atoms with E-state index in [2.05, 4.69) is 4.98 Å². The van der Waals surface area contributed by atoms with Crippen molar-refractivity contribution in [1.29, 1.82) is 0 Å². The van der Waals surface area contributed by atoms with Gasteiger partial charge in [-0.05, 0) is 12.1 Å². The van der Waals surface area contributed by atoms with Crippen molar-refractivity contribution in [2.45, 2.75) is 0 Å². The van der Waals surface area contributed by atoms with Gasteiger partial charge in [-0.3, -0.25) is 4.40 Å². The summed E-state index contributed by atoms with van der Waals surface area (Å²) in [7, 11) is 0. The van der Waals surface area contributed by atoms with Gasteiger partial charge in [-0.2, -0.15) is 0 Å². The molecular formula is C8H5ClN2O2. The summed E-state index contributed by atoms with van der Waals surface area (Å²) in [6.45, 7) is 0. The first-order chi connectivity index (χ1) is 6.20. The Kier molecular flexibility index (Phi) is 1.70. The van der Waals surface area contributed by atoms with Crippen LogP contribution < -0.4 is 0 Å². The first kappa shape index (κ1) is 8.07. The second kappa shape index (κ2) is 2.74. The first-order valence-electron chi connectivity index (χ1n) is 3.55. The molecule has 2 aromatic heterocycles. The molecule has 0 fully saturated rings. The third-order valence-electron chi connectivity index (χ3n) is 1.71. The van der Waals surface area contributed by atoms with Crippen LogP contribution in [0.4, 0.5) is 0 Å². The lowest BCUT2D eigenvalue weighted by atomic mass is 10.4. The van der Waals surface area contributed by atoms with E-state index in [4.69, 9.17) is 16.7 Å². The molecule has 0 saturated heterocycles. The molecule has 0 saturated carbocycles. The highest BCUT2D eigenvalue weighted by Crippen LogP contribution is 2.16. The van der Waals surface area contributed by atoms with E-state index in [1.807, 2.05) is 0 Å². The van der Waals surface area contributed by atoms with Gasteiger partial charge in [-0.15, -0.1) is 0 Å². The number of halogens is 1. The highest BCUT2D eigenvalue weighted by Gasteiger charge is 2.10. The molecule has 2 aromatic rings. The topological polar surface area (TPSA) is 54.6 Å². The third-order valence-corrected chi connectivity index (χ3v) is 2.00. The fraction of sp³-hybridized carbons (Fsp3) is 0. The summed E-state index contributed by atoms with van der Waals surface area (Å²) in [4.78, 5) is 14.6. The number of nitrogens with zero attached hydrogens (tertiary/aromatic N) is 2. The van der Waals surface area contributed by atoms with Gasteiger partial charge in [0.05, 0.1) is 11.2 Å². The number of pyridine rings is 1. The number of rotatable bonds is 1. The molecule has 0 atom stereocenters. The Hall–Kier alpha value is -1.55. The van der Waals surface area contributed by atoms with Crippen molar-refractivity contribution in [3.8, 4) is 0 Å². The molecule has 0 aliphatic carbocycles. The third kappa shape index (κ3) is 1.15. The Labute approximate surface area is 78.4 Å². The minimum absolute atomic E-state index is 0.109. The van der Waals surface area contributed by atoms with Gasteiger partial charge in [0.2, 0.25) is 0 Å². The lowest BCUT2D eigenvalue weighted by Crippen LogP contribution is -2.00. The molecule has 66 valence electrons. The van der Waals surface area contributed by atoms with Gasteiger partial charge < -0.3 is 5.11 Å². The Morgan fingerprint density at radius 3 is 3.08 bits per heavy atom. The lowest BCUT2D eigenvalue weighted by molar-refractivity contribution is 0.0689. The van der Waals surface area contributed by atoms with Gasteiger partial charge in [0.15, 0.2) is 11.3 Å². The summed E-state index contributed by atoms with van der Waals surface area (Å²) in [5.41, 5.74) is 0.569. The van der Waals surface area contributed by atoms with Crippen LogP contribution in [0.2, 0.25) is 5.02 Å². The molecule has 0 amide bonds. The number of hydrogen-bond acceptors (Lipinski definition) is 2. The number of aromatic carboxylic acids is 1. The van der Waals surface area contributed by atoms with Crippen molar-refractivity contribution < 1.29 is 9.90 Å². The average Bonchev–Trinajstić information content (AvgIpc) is 2.48. The van der Waals surface area contributed by atoms with Crippen LogP contribution >= 0.6 is 11.6 Å². The first-order valence-corrected chi connectivity index (χ1v) is 3.93. The lowest BCUT2D eigenvalue weighted by Gasteiger charge is -1.96. The van der Waals surface area contributed by atoms with E-state index < -0.39 is 5.97 Å². The summed E-state index contributed by atoms with van der Waals surface area (Å²) in [5.74, 6) is -1.02. The number of carboxylic acid groups (broad SMARTS) is 1. The Morgan fingerprint density at radius 1 is 1.62 bits per heavy atom. The summed E-state index contributed by atoms with van der Waals surface area (Å²) < 4.78 is 1.44. The quantitative estimate of drug-likeness (QED) is 0.755. The molecule has 0 aliphatic heterocycles. The number of imidazole rings is 1. The van der Waals surface area contributed by atoms with Gasteiger partial charge in [0, 0.05) is 6.20 Å². The smallest absolute Gasteiger partial charge is 0.354 e. The van der Waals surface area contributed by atoms with Crippen molar-refractivity contribution >= 4 is 23.2 Å². The van der Waals surface area contributed by atoms with Crippen LogP contribution in [0.3, 0.4) is 0 Å². The number of carboxylic acids is 1. The monoisotopic (exact) mass is 196 g/mol. The van der Waals surface area contributed by atoms with Crippen LogP contribution in [-0.4, -0.2) is 20.5 Å². The molecule has 4 nitrogen and oxygen atoms in total. The van der Waals surface area contributed by atoms with E-state index in [0.29, 0.717) is 10.7 Å². The Balaban J connectivity index is 2.83. The zero-order valence-electron chi connectivity index (χ0n) is 6.44. The predicted molar refractivity (Wildman–Crippen MR) is 47.2 cm³/mol. The van der Waals surface area contributed by atoms with Crippen molar-refractivity contribution in [1.82, 2.24) is 9.38 Å². The Morgan fingerprint density at radius 2 is 2.38 bits per heavy atom. The minimum atomic E-state index is -1.02. The van der Waals surface area contributed by atoms with E-state index in [9.17, 15) is 4.79 Å². The maximum atomic E-state index is 10.7. The van der Waals surface area contributed by atoms with Gasteiger partial charge in [-0.1, -0.05) is 11.6 Å². The van der Waals surface area contributed by atoms with Gasteiger partial charge in [0.25, 0.3) is 0 Å². The summed E-state index contributed by atoms with van der Waals surface area (Å²) >= 11 is 5.80. The molecule has 0 radical (unpaired) electrons. The molecule has 0 unspecified atom stereocenters. The normalized spacial score (nSPS) is 10.5. The number of aromatic nitrogens is 2. The number of hydrogen-bond donors (Lipinski definition) is 1. The van der Waals surface area contributed by atoms with Gasteiger partial charge in [-0.25, -0.2) is 9.78 Å². The summed E-state index contributed by atoms with van der Waals surface area (Å²) in [6, 6.07) is 3.33. The maximum Gasteiger partial charge on any atom is 0.354 e. The largest absolute Gasteiger partial charge is 0.477 e. The number of carbonyl (C=O) groups is 1. The van der Waals surface area contributed by atoms with Crippen LogP contribution in [0.5, 0.6) is 0 Å². The fourth-order valence-electron chi connectivity index (χ4n) is 1.13. The predicted octanol–water partition coefficient (Wildman–Crippen LogP) is 1.69. The van der Waals surface area contributed by atoms with Crippen LogP contribution in [0.15, 0.2) is 24.5 Å².